The zero-order valence-corrected chi connectivity index (χ0v) is 11.7. The Labute approximate surface area is 114 Å². The van der Waals surface area contributed by atoms with E-state index in [0.29, 0.717) is 23.8 Å². The molecule has 0 saturated carbocycles. The molecule has 4 nitrogen and oxygen atoms in total. The fraction of sp³-hybridized carbons (Fsp3) is 0.467. The van der Waals surface area contributed by atoms with E-state index in [1.54, 1.807) is 24.3 Å². The van der Waals surface area contributed by atoms with Crippen molar-refractivity contribution in [1.29, 1.82) is 0 Å². The van der Waals surface area contributed by atoms with Gasteiger partial charge in [-0.2, -0.15) is 0 Å². The minimum Gasteiger partial charge on any atom is -0.484 e. The number of hydrogen-bond donors (Lipinski definition) is 1. The predicted molar refractivity (Wildman–Crippen MR) is 74.4 cm³/mol. The Morgan fingerprint density at radius 1 is 1.21 bits per heavy atom. The normalized spacial score (nSPS) is 10.3. The standard InChI is InChI=1S/C15H21NO3/c1-11(2)8-9-16-15(18)10-19-14-6-4-13(5-7-14)12(3)17/h4-7,11H,8-10H2,1-3H3,(H,16,18). The van der Waals surface area contributed by atoms with Gasteiger partial charge in [0.1, 0.15) is 5.75 Å². The Morgan fingerprint density at radius 3 is 2.37 bits per heavy atom. The highest BCUT2D eigenvalue weighted by Gasteiger charge is 2.04. The predicted octanol–water partition coefficient (Wildman–Crippen LogP) is 2.43. The Balaban J connectivity index is 2.32. The summed E-state index contributed by atoms with van der Waals surface area (Å²) in [5.41, 5.74) is 0.633. The smallest absolute Gasteiger partial charge is 0.257 e. The molecule has 0 spiro atoms. The van der Waals surface area contributed by atoms with Gasteiger partial charge in [-0.15, -0.1) is 0 Å². The van der Waals surface area contributed by atoms with Crippen molar-refractivity contribution in [1.82, 2.24) is 5.32 Å². The van der Waals surface area contributed by atoms with Gasteiger partial charge in [-0.3, -0.25) is 9.59 Å². The van der Waals surface area contributed by atoms with E-state index in [1.807, 2.05) is 0 Å². The SMILES string of the molecule is CC(=O)c1ccc(OCC(=O)NCCC(C)C)cc1. The Bertz CT molecular complexity index is 424. The summed E-state index contributed by atoms with van der Waals surface area (Å²) < 4.78 is 5.34. The maximum atomic E-state index is 11.5. The summed E-state index contributed by atoms with van der Waals surface area (Å²) in [4.78, 5) is 22.6. The van der Waals surface area contributed by atoms with Gasteiger partial charge in [0.25, 0.3) is 5.91 Å². The van der Waals surface area contributed by atoms with Crippen molar-refractivity contribution in [2.75, 3.05) is 13.2 Å². The van der Waals surface area contributed by atoms with Crippen LogP contribution < -0.4 is 10.1 Å². The van der Waals surface area contributed by atoms with Crippen LogP contribution in [0.4, 0.5) is 0 Å². The van der Waals surface area contributed by atoms with E-state index in [-0.39, 0.29) is 18.3 Å². The number of benzene rings is 1. The molecule has 0 aliphatic heterocycles. The van der Waals surface area contributed by atoms with E-state index in [2.05, 4.69) is 19.2 Å². The van der Waals surface area contributed by atoms with Crippen LogP contribution in [0, 0.1) is 5.92 Å². The van der Waals surface area contributed by atoms with Gasteiger partial charge in [0.05, 0.1) is 0 Å². The van der Waals surface area contributed by atoms with E-state index in [4.69, 9.17) is 4.74 Å². The average molecular weight is 263 g/mol. The molecule has 0 saturated heterocycles. The van der Waals surface area contributed by atoms with Crippen molar-refractivity contribution >= 4 is 11.7 Å². The summed E-state index contributed by atoms with van der Waals surface area (Å²) >= 11 is 0. The average Bonchev–Trinajstić information content (AvgIpc) is 2.36. The number of ether oxygens (including phenoxy) is 1. The molecule has 0 radical (unpaired) electrons. The Morgan fingerprint density at radius 2 is 1.84 bits per heavy atom. The van der Waals surface area contributed by atoms with Crippen molar-refractivity contribution in [3.8, 4) is 5.75 Å². The number of rotatable bonds is 7. The van der Waals surface area contributed by atoms with Crippen LogP contribution >= 0.6 is 0 Å². The van der Waals surface area contributed by atoms with E-state index < -0.39 is 0 Å². The summed E-state index contributed by atoms with van der Waals surface area (Å²) in [7, 11) is 0. The number of carbonyl (C=O) groups excluding carboxylic acids is 2. The minimum absolute atomic E-state index is 0.00247. The Kier molecular flexibility index (Phi) is 6.06. The van der Waals surface area contributed by atoms with Crippen molar-refractivity contribution in [2.45, 2.75) is 27.2 Å². The summed E-state index contributed by atoms with van der Waals surface area (Å²) in [6.45, 7) is 6.40. The van der Waals surface area contributed by atoms with E-state index >= 15 is 0 Å². The molecule has 0 heterocycles. The zero-order valence-electron chi connectivity index (χ0n) is 11.7. The quantitative estimate of drug-likeness (QED) is 0.769. The molecule has 19 heavy (non-hydrogen) atoms. The molecule has 104 valence electrons. The third-order valence-electron chi connectivity index (χ3n) is 2.67. The van der Waals surface area contributed by atoms with Crippen LogP contribution in [-0.2, 0) is 4.79 Å². The minimum atomic E-state index is -0.128. The van der Waals surface area contributed by atoms with Crippen LogP contribution in [0.2, 0.25) is 0 Å². The molecule has 1 aromatic rings. The van der Waals surface area contributed by atoms with Gasteiger partial charge >= 0.3 is 0 Å². The van der Waals surface area contributed by atoms with Crippen molar-refractivity contribution in [2.24, 2.45) is 5.92 Å². The second kappa shape index (κ2) is 7.56. The fourth-order valence-electron chi connectivity index (χ4n) is 1.49. The van der Waals surface area contributed by atoms with Crippen molar-refractivity contribution in [3.63, 3.8) is 0 Å². The first-order valence-electron chi connectivity index (χ1n) is 6.49. The van der Waals surface area contributed by atoms with Crippen LogP contribution in [0.1, 0.15) is 37.6 Å². The topological polar surface area (TPSA) is 55.4 Å². The molecule has 0 fully saturated rings. The van der Waals surface area contributed by atoms with E-state index in [9.17, 15) is 9.59 Å². The number of Topliss-reactive ketones (excluding diaryl/α,β-unsaturated/α-hetero) is 1. The summed E-state index contributed by atoms with van der Waals surface area (Å²) in [6.07, 6.45) is 0.957. The van der Waals surface area contributed by atoms with Crippen LogP contribution in [0.15, 0.2) is 24.3 Å². The van der Waals surface area contributed by atoms with Crippen molar-refractivity contribution in [3.05, 3.63) is 29.8 Å². The molecule has 1 rings (SSSR count). The first-order valence-corrected chi connectivity index (χ1v) is 6.49. The first-order chi connectivity index (χ1) is 8.99. The Hall–Kier alpha value is -1.84. The first kappa shape index (κ1) is 15.2. The highest BCUT2D eigenvalue weighted by atomic mass is 16.5. The monoisotopic (exact) mass is 263 g/mol. The van der Waals surface area contributed by atoms with Gasteiger partial charge < -0.3 is 10.1 Å². The highest BCUT2D eigenvalue weighted by Crippen LogP contribution is 2.12. The van der Waals surface area contributed by atoms with Crippen LogP contribution in [0.25, 0.3) is 0 Å². The third kappa shape index (κ3) is 6.04. The van der Waals surface area contributed by atoms with E-state index in [0.717, 1.165) is 6.42 Å². The molecule has 0 aromatic heterocycles. The van der Waals surface area contributed by atoms with Crippen LogP contribution in [0.3, 0.4) is 0 Å². The van der Waals surface area contributed by atoms with Gasteiger partial charge in [0.2, 0.25) is 0 Å². The number of ketones is 1. The van der Waals surface area contributed by atoms with Gasteiger partial charge in [-0.1, -0.05) is 13.8 Å². The second-order valence-electron chi connectivity index (χ2n) is 4.90. The molecule has 0 atom stereocenters. The molecule has 0 unspecified atom stereocenters. The summed E-state index contributed by atoms with van der Waals surface area (Å²) in [6, 6.07) is 6.76. The number of nitrogens with one attached hydrogen (secondary N) is 1. The van der Waals surface area contributed by atoms with Crippen LogP contribution in [0.5, 0.6) is 5.75 Å². The molecule has 0 aliphatic rings. The maximum absolute atomic E-state index is 11.5. The molecule has 0 aliphatic carbocycles. The molecular weight excluding hydrogens is 242 g/mol. The van der Waals surface area contributed by atoms with Gasteiger partial charge in [-0.25, -0.2) is 0 Å². The van der Waals surface area contributed by atoms with Crippen molar-refractivity contribution < 1.29 is 14.3 Å². The maximum Gasteiger partial charge on any atom is 0.257 e. The number of amides is 1. The zero-order chi connectivity index (χ0) is 14.3. The summed E-state index contributed by atoms with van der Waals surface area (Å²) in [5.74, 6) is 1.04. The molecular formula is C15H21NO3. The lowest BCUT2D eigenvalue weighted by Crippen LogP contribution is -2.30. The molecule has 1 aromatic carbocycles. The molecule has 1 amide bonds. The number of carbonyl (C=O) groups is 2. The largest absolute Gasteiger partial charge is 0.484 e. The van der Waals surface area contributed by atoms with Crippen LogP contribution in [-0.4, -0.2) is 24.8 Å². The van der Waals surface area contributed by atoms with Gasteiger partial charge in [0.15, 0.2) is 12.4 Å². The van der Waals surface area contributed by atoms with E-state index in [1.165, 1.54) is 6.92 Å². The molecule has 4 heteroatoms. The highest BCUT2D eigenvalue weighted by molar-refractivity contribution is 5.94. The van der Waals surface area contributed by atoms with Gasteiger partial charge in [0, 0.05) is 12.1 Å². The summed E-state index contributed by atoms with van der Waals surface area (Å²) in [5, 5.41) is 2.80. The third-order valence-corrected chi connectivity index (χ3v) is 2.67. The lowest BCUT2D eigenvalue weighted by molar-refractivity contribution is -0.123. The second-order valence-corrected chi connectivity index (χ2v) is 4.90. The lowest BCUT2D eigenvalue weighted by Gasteiger charge is -2.09. The lowest BCUT2D eigenvalue weighted by atomic mass is 10.1. The fourth-order valence-corrected chi connectivity index (χ4v) is 1.49. The number of hydrogen-bond acceptors (Lipinski definition) is 3. The molecule has 0 bridgehead atoms. The van der Waals surface area contributed by atoms with Gasteiger partial charge in [-0.05, 0) is 43.5 Å². The molecule has 1 N–H and O–H groups in total.